The molecule has 26 heavy (non-hydrogen) atoms. The normalized spacial score (nSPS) is 19.0. The highest BCUT2D eigenvalue weighted by atomic mass is 16.5. The third-order valence-electron chi connectivity index (χ3n) is 4.84. The standard InChI is InChI=1S/C20H23N3O3/c24-6-3-14-1-2-19-17(10-14)18(20(25)22-19)11-16-9-15(12-21-16)13-23-4-7-26-8-5-23/h1-2,9-12,21,24H,3-8,13H2,(H,22,25). The van der Waals surface area contributed by atoms with Crippen molar-refractivity contribution in [3.8, 4) is 0 Å². The van der Waals surface area contributed by atoms with Crippen LogP contribution < -0.4 is 5.32 Å². The van der Waals surface area contributed by atoms with Gasteiger partial charge in [0.25, 0.3) is 5.91 Å². The number of morpholine rings is 1. The van der Waals surface area contributed by atoms with Crippen LogP contribution in [0.2, 0.25) is 0 Å². The molecule has 2 aliphatic heterocycles. The fraction of sp³-hybridized carbons (Fsp3) is 0.350. The molecule has 3 heterocycles. The molecular weight excluding hydrogens is 330 g/mol. The maximum atomic E-state index is 12.4. The molecule has 0 spiro atoms. The van der Waals surface area contributed by atoms with Crippen molar-refractivity contribution in [3.05, 3.63) is 52.8 Å². The topological polar surface area (TPSA) is 77.6 Å². The van der Waals surface area contributed by atoms with E-state index in [1.54, 1.807) is 0 Å². The summed E-state index contributed by atoms with van der Waals surface area (Å²) >= 11 is 0. The fourth-order valence-electron chi connectivity index (χ4n) is 3.47. The summed E-state index contributed by atoms with van der Waals surface area (Å²) in [5.74, 6) is -0.0922. The number of hydrogen-bond donors (Lipinski definition) is 3. The van der Waals surface area contributed by atoms with E-state index in [0.717, 1.165) is 55.4 Å². The van der Waals surface area contributed by atoms with E-state index in [1.807, 2.05) is 30.5 Å². The number of hydrogen-bond acceptors (Lipinski definition) is 4. The van der Waals surface area contributed by atoms with Crippen LogP contribution >= 0.6 is 0 Å². The number of H-pyrrole nitrogens is 1. The van der Waals surface area contributed by atoms with E-state index in [1.165, 1.54) is 5.56 Å². The van der Waals surface area contributed by atoms with Crippen LogP contribution in [0.5, 0.6) is 0 Å². The lowest BCUT2D eigenvalue weighted by Crippen LogP contribution is -2.35. The second kappa shape index (κ2) is 7.45. The van der Waals surface area contributed by atoms with Gasteiger partial charge in [-0.05, 0) is 41.8 Å². The molecule has 1 fully saturated rings. The maximum Gasteiger partial charge on any atom is 0.256 e. The minimum Gasteiger partial charge on any atom is -0.396 e. The van der Waals surface area contributed by atoms with Crippen LogP contribution in [0.25, 0.3) is 11.6 Å². The summed E-state index contributed by atoms with van der Waals surface area (Å²) in [7, 11) is 0. The van der Waals surface area contributed by atoms with E-state index in [-0.39, 0.29) is 12.5 Å². The Bertz CT molecular complexity index is 835. The molecule has 136 valence electrons. The van der Waals surface area contributed by atoms with E-state index in [9.17, 15) is 4.79 Å². The molecule has 1 amide bonds. The van der Waals surface area contributed by atoms with E-state index in [4.69, 9.17) is 9.84 Å². The number of fused-ring (bicyclic) bond motifs is 1. The third-order valence-corrected chi connectivity index (χ3v) is 4.84. The quantitative estimate of drug-likeness (QED) is 0.717. The number of aromatic amines is 1. The minimum absolute atomic E-state index is 0.0922. The summed E-state index contributed by atoms with van der Waals surface area (Å²) in [6.45, 7) is 4.45. The molecule has 2 aliphatic rings. The Kier molecular flexibility index (Phi) is 4.88. The van der Waals surface area contributed by atoms with Crippen LogP contribution in [0.3, 0.4) is 0 Å². The molecular formula is C20H23N3O3. The Morgan fingerprint density at radius 1 is 1.19 bits per heavy atom. The summed E-state index contributed by atoms with van der Waals surface area (Å²) in [4.78, 5) is 18.0. The van der Waals surface area contributed by atoms with Crippen LogP contribution in [0.1, 0.15) is 22.4 Å². The van der Waals surface area contributed by atoms with Crippen molar-refractivity contribution in [3.63, 3.8) is 0 Å². The van der Waals surface area contributed by atoms with Gasteiger partial charge in [-0.2, -0.15) is 0 Å². The summed E-state index contributed by atoms with van der Waals surface area (Å²) in [5.41, 5.74) is 5.51. The number of aromatic nitrogens is 1. The van der Waals surface area contributed by atoms with Crippen molar-refractivity contribution in [1.29, 1.82) is 0 Å². The van der Waals surface area contributed by atoms with Gasteiger partial charge in [0.15, 0.2) is 0 Å². The summed E-state index contributed by atoms with van der Waals surface area (Å²) in [6.07, 6.45) is 4.48. The first-order chi connectivity index (χ1) is 12.7. The average Bonchev–Trinajstić information content (AvgIpc) is 3.21. The molecule has 6 heteroatoms. The second-order valence-electron chi connectivity index (χ2n) is 6.72. The SMILES string of the molecule is O=C1Nc2ccc(CCO)cc2C1=Cc1cc(CN2CCOCC2)c[nH]1. The summed E-state index contributed by atoms with van der Waals surface area (Å²) in [5, 5.41) is 12.0. The molecule has 4 rings (SSSR count). The number of nitrogens with zero attached hydrogens (tertiary/aromatic N) is 1. The van der Waals surface area contributed by atoms with Gasteiger partial charge in [0, 0.05) is 49.4 Å². The molecule has 0 atom stereocenters. The predicted octanol–water partition coefficient (Wildman–Crippen LogP) is 1.87. The van der Waals surface area contributed by atoms with E-state index in [2.05, 4.69) is 21.3 Å². The van der Waals surface area contributed by atoms with Crippen LogP contribution in [0, 0.1) is 0 Å². The second-order valence-corrected chi connectivity index (χ2v) is 6.72. The Hall–Kier alpha value is -2.41. The van der Waals surface area contributed by atoms with Gasteiger partial charge in [-0.25, -0.2) is 0 Å². The van der Waals surface area contributed by atoms with Crippen LogP contribution in [0.15, 0.2) is 30.5 Å². The number of benzene rings is 1. The fourth-order valence-corrected chi connectivity index (χ4v) is 3.47. The number of nitrogens with one attached hydrogen (secondary N) is 2. The zero-order valence-corrected chi connectivity index (χ0v) is 14.6. The van der Waals surface area contributed by atoms with Gasteiger partial charge in [-0.15, -0.1) is 0 Å². The first-order valence-electron chi connectivity index (χ1n) is 8.97. The number of rotatable bonds is 5. The largest absolute Gasteiger partial charge is 0.396 e. The number of carbonyl (C=O) groups is 1. The Balaban J connectivity index is 1.55. The molecule has 0 unspecified atom stereocenters. The first kappa shape index (κ1) is 17.0. The zero-order chi connectivity index (χ0) is 17.9. The maximum absolute atomic E-state index is 12.4. The monoisotopic (exact) mass is 353 g/mol. The highest BCUT2D eigenvalue weighted by Crippen LogP contribution is 2.33. The highest BCUT2D eigenvalue weighted by molar-refractivity contribution is 6.34. The van der Waals surface area contributed by atoms with E-state index in [0.29, 0.717) is 12.0 Å². The van der Waals surface area contributed by atoms with Crippen LogP contribution in [-0.2, 0) is 22.5 Å². The molecule has 0 saturated carbocycles. The number of aliphatic hydroxyl groups excluding tert-OH is 1. The highest BCUT2D eigenvalue weighted by Gasteiger charge is 2.24. The molecule has 1 aromatic heterocycles. The van der Waals surface area contributed by atoms with Crippen molar-refractivity contribution < 1.29 is 14.6 Å². The van der Waals surface area contributed by atoms with Crippen molar-refractivity contribution in [2.45, 2.75) is 13.0 Å². The lowest BCUT2D eigenvalue weighted by Gasteiger charge is -2.25. The van der Waals surface area contributed by atoms with Crippen molar-refractivity contribution in [2.24, 2.45) is 0 Å². The van der Waals surface area contributed by atoms with E-state index < -0.39 is 0 Å². The molecule has 2 aromatic rings. The van der Waals surface area contributed by atoms with Gasteiger partial charge in [0.05, 0.1) is 18.8 Å². The Labute approximate surface area is 152 Å². The average molecular weight is 353 g/mol. The third kappa shape index (κ3) is 3.58. The molecule has 0 bridgehead atoms. The van der Waals surface area contributed by atoms with Crippen molar-refractivity contribution in [1.82, 2.24) is 9.88 Å². The Morgan fingerprint density at radius 3 is 2.85 bits per heavy atom. The van der Waals surface area contributed by atoms with Gasteiger partial charge in [0.2, 0.25) is 0 Å². The smallest absolute Gasteiger partial charge is 0.256 e. The van der Waals surface area contributed by atoms with Crippen molar-refractivity contribution >= 4 is 23.2 Å². The van der Waals surface area contributed by atoms with Gasteiger partial charge >= 0.3 is 0 Å². The molecule has 3 N–H and O–H groups in total. The number of ether oxygens (including phenoxy) is 1. The van der Waals surface area contributed by atoms with Crippen LogP contribution in [0.4, 0.5) is 5.69 Å². The number of aliphatic hydroxyl groups is 1. The molecule has 1 aromatic carbocycles. The van der Waals surface area contributed by atoms with Gasteiger partial charge in [-0.1, -0.05) is 6.07 Å². The summed E-state index contributed by atoms with van der Waals surface area (Å²) < 4.78 is 5.38. The van der Waals surface area contributed by atoms with Crippen molar-refractivity contribution in [2.75, 3.05) is 38.2 Å². The van der Waals surface area contributed by atoms with Gasteiger partial charge < -0.3 is 20.1 Å². The molecule has 1 saturated heterocycles. The first-order valence-corrected chi connectivity index (χ1v) is 8.97. The number of carbonyl (C=O) groups excluding carboxylic acids is 1. The molecule has 0 radical (unpaired) electrons. The Morgan fingerprint density at radius 2 is 2.04 bits per heavy atom. The molecule has 0 aliphatic carbocycles. The van der Waals surface area contributed by atoms with Gasteiger partial charge in [0.1, 0.15) is 0 Å². The zero-order valence-electron chi connectivity index (χ0n) is 14.6. The lowest BCUT2D eigenvalue weighted by molar-refractivity contribution is -0.110. The lowest BCUT2D eigenvalue weighted by atomic mass is 10.0. The van der Waals surface area contributed by atoms with Crippen LogP contribution in [-0.4, -0.2) is 53.8 Å². The van der Waals surface area contributed by atoms with E-state index >= 15 is 0 Å². The number of anilines is 1. The van der Waals surface area contributed by atoms with Gasteiger partial charge in [-0.3, -0.25) is 9.69 Å². The predicted molar refractivity (Wildman–Crippen MR) is 101 cm³/mol. The minimum atomic E-state index is -0.0922. The number of amides is 1. The summed E-state index contributed by atoms with van der Waals surface area (Å²) in [6, 6.07) is 7.91. The molecule has 6 nitrogen and oxygen atoms in total.